The fourth-order valence-corrected chi connectivity index (χ4v) is 3.65. The molecule has 5 nitrogen and oxygen atoms in total. The van der Waals surface area contributed by atoms with Gasteiger partial charge in [0, 0.05) is 44.0 Å². The van der Waals surface area contributed by atoms with Gasteiger partial charge in [-0.15, -0.1) is 0 Å². The van der Waals surface area contributed by atoms with Gasteiger partial charge in [-0.3, -0.25) is 9.69 Å². The Morgan fingerprint density at radius 1 is 1.04 bits per heavy atom. The SMILES string of the molecule is CC(=O)c1ccc(N2CCN(CC(O)COc3c(C)cccc3C)CC2)cc1. The van der Waals surface area contributed by atoms with Gasteiger partial charge in [-0.1, -0.05) is 18.2 Å². The van der Waals surface area contributed by atoms with Crippen molar-refractivity contribution in [3.63, 3.8) is 0 Å². The van der Waals surface area contributed by atoms with Crippen LogP contribution in [0.25, 0.3) is 0 Å². The topological polar surface area (TPSA) is 53.0 Å². The van der Waals surface area contributed by atoms with Crippen molar-refractivity contribution in [2.75, 3.05) is 44.2 Å². The van der Waals surface area contributed by atoms with E-state index in [9.17, 15) is 9.90 Å². The summed E-state index contributed by atoms with van der Waals surface area (Å²) in [6, 6.07) is 13.9. The number of rotatable bonds is 7. The van der Waals surface area contributed by atoms with Gasteiger partial charge in [0.15, 0.2) is 5.78 Å². The second kappa shape index (κ2) is 9.22. The number of carbonyl (C=O) groups is 1. The van der Waals surface area contributed by atoms with E-state index in [1.165, 1.54) is 0 Å². The summed E-state index contributed by atoms with van der Waals surface area (Å²) < 4.78 is 5.88. The van der Waals surface area contributed by atoms with E-state index in [1.807, 2.05) is 56.3 Å². The third-order valence-electron chi connectivity index (χ3n) is 5.31. The summed E-state index contributed by atoms with van der Waals surface area (Å²) in [5, 5.41) is 10.4. The summed E-state index contributed by atoms with van der Waals surface area (Å²) in [7, 11) is 0. The lowest BCUT2D eigenvalue weighted by molar-refractivity contribution is 0.0658. The largest absolute Gasteiger partial charge is 0.490 e. The molecule has 1 saturated heterocycles. The molecule has 1 fully saturated rings. The normalized spacial score (nSPS) is 16.1. The van der Waals surface area contributed by atoms with Crippen LogP contribution in [0.4, 0.5) is 5.69 Å². The number of ketones is 1. The molecule has 0 bridgehead atoms. The zero-order chi connectivity index (χ0) is 20.1. The Labute approximate surface area is 167 Å². The summed E-state index contributed by atoms with van der Waals surface area (Å²) in [6.07, 6.45) is -0.514. The van der Waals surface area contributed by atoms with Crippen LogP contribution in [-0.4, -0.2) is 61.2 Å². The predicted octanol–water partition coefficient (Wildman–Crippen LogP) is 3.07. The first-order chi connectivity index (χ1) is 13.4. The van der Waals surface area contributed by atoms with Crippen molar-refractivity contribution in [1.29, 1.82) is 0 Å². The molecule has 28 heavy (non-hydrogen) atoms. The van der Waals surface area contributed by atoms with Gasteiger partial charge in [-0.2, -0.15) is 0 Å². The van der Waals surface area contributed by atoms with Crippen LogP contribution in [0.5, 0.6) is 5.75 Å². The maximum Gasteiger partial charge on any atom is 0.159 e. The zero-order valence-corrected chi connectivity index (χ0v) is 17.0. The van der Waals surface area contributed by atoms with Gasteiger partial charge >= 0.3 is 0 Å². The molecule has 0 aliphatic carbocycles. The molecule has 1 heterocycles. The number of aliphatic hydroxyl groups excluding tert-OH is 1. The first-order valence-electron chi connectivity index (χ1n) is 9.89. The van der Waals surface area contributed by atoms with Gasteiger partial charge in [0.25, 0.3) is 0 Å². The average molecular weight is 383 g/mol. The molecule has 0 radical (unpaired) electrons. The molecule has 5 heteroatoms. The Morgan fingerprint density at radius 3 is 2.21 bits per heavy atom. The molecule has 0 spiro atoms. The lowest BCUT2D eigenvalue weighted by atomic mass is 10.1. The monoisotopic (exact) mass is 382 g/mol. The van der Waals surface area contributed by atoms with Crippen molar-refractivity contribution in [3.8, 4) is 5.75 Å². The fraction of sp³-hybridized carbons (Fsp3) is 0.435. The van der Waals surface area contributed by atoms with Crippen LogP contribution in [0.3, 0.4) is 0 Å². The van der Waals surface area contributed by atoms with E-state index in [1.54, 1.807) is 6.92 Å². The highest BCUT2D eigenvalue weighted by molar-refractivity contribution is 5.94. The minimum Gasteiger partial charge on any atom is -0.490 e. The van der Waals surface area contributed by atoms with Crippen LogP contribution in [0.2, 0.25) is 0 Å². The first-order valence-corrected chi connectivity index (χ1v) is 9.89. The molecule has 1 unspecified atom stereocenters. The second-order valence-electron chi connectivity index (χ2n) is 7.58. The van der Waals surface area contributed by atoms with Gasteiger partial charge in [-0.25, -0.2) is 0 Å². The molecule has 150 valence electrons. The van der Waals surface area contributed by atoms with E-state index in [0.29, 0.717) is 13.2 Å². The summed E-state index contributed by atoms with van der Waals surface area (Å²) in [5.74, 6) is 0.967. The molecule has 1 N–H and O–H groups in total. The van der Waals surface area contributed by atoms with Crippen molar-refractivity contribution >= 4 is 11.5 Å². The van der Waals surface area contributed by atoms with Gasteiger partial charge in [0.05, 0.1) is 0 Å². The number of Topliss-reactive ketones (excluding diaryl/α,β-unsaturated/α-hetero) is 1. The number of hydrogen-bond acceptors (Lipinski definition) is 5. The average Bonchev–Trinajstić information content (AvgIpc) is 2.68. The lowest BCUT2D eigenvalue weighted by Gasteiger charge is -2.37. The van der Waals surface area contributed by atoms with Gasteiger partial charge < -0.3 is 14.7 Å². The molecule has 0 amide bonds. The number of piperazine rings is 1. The number of anilines is 1. The number of hydrogen-bond donors (Lipinski definition) is 1. The van der Waals surface area contributed by atoms with Crippen molar-refractivity contribution in [1.82, 2.24) is 4.90 Å². The Bertz CT molecular complexity index is 776. The van der Waals surface area contributed by atoms with E-state index in [0.717, 1.165) is 54.3 Å². The van der Waals surface area contributed by atoms with Crippen LogP contribution in [-0.2, 0) is 0 Å². The number of nitrogens with zero attached hydrogens (tertiary/aromatic N) is 2. The molecule has 1 aliphatic heterocycles. The number of para-hydroxylation sites is 1. The van der Waals surface area contributed by atoms with E-state index in [2.05, 4.69) is 9.80 Å². The Kier molecular flexibility index (Phi) is 6.70. The predicted molar refractivity (Wildman–Crippen MR) is 113 cm³/mol. The highest BCUT2D eigenvalue weighted by Gasteiger charge is 2.20. The Hall–Kier alpha value is -2.37. The molecular weight excluding hydrogens is 352 g/mol. The van der Waals surface area contributed by atoms with Crippen molar-refractivity contribution in [2.24, 2.45) is 0 Å². The van der Waals surface area contributed by atoms with Crippen LogP contribution in [0.1, 0.15) is 28.4 Å². The maximum atomic E-state index is 11.4. The third kappa shape index (κ3) is 5.12. The van der Waals surface area contributed by atoms with Crippen molar-refractivity contribution in [2.45, 2.75) is 26.9 Å². The maximum absolute atomic E-state index is 11.4. The summed E-state index contributed by atoms with van der Waals surface area (Å²) in [4.78, 5) is 16.0. The smallest absolute Gasteiger partial charge is 0.159 e. The minimum atomic E-state index is -0.514. The fourth-order valence-electron chi connectivity index (χ4n) is 3.65. The van der Waals surface area contributed by atoms with E-state index >= 15 is 0 Å². The summed E-state index contributed by atoms with van der Waals surface area (Å²) in [6.45, 7) is 10.2. The van der Waals surface area contributed by atoms with E-state index in [4.69, 9.17) is 4.74 Å². The molecule has 2 aromatic carbocycles. The van der Waals surface area contributed by atoms with Crippen LogP contribution in [0, 0.1) is 13.8 Å². The molecule has 1 atom stereocenters. The highest BCUT2D eigenvalue weighted by Crippen LogP contribution is 2.22. The van der Waals surface area contributed by atoms with Crippen molar-refractivity contribution < 1.29 is 14.6 Å². The van der Waals surface area contributed by atoms with Gasteiger partial charge in [0.2, 0.25) is 0 Å². The number of ether oxygens (including phenoxy) is 1. The molecular formula is C23H30N2O3. The number of aliphatic hydroxyl groups is 1. The Balaban J connectivity index is 1.45. The highest BCUT2D eigenvalue weighted by atomic mass is 16.5. The van der Waals surface area contributed by atoms with E-state index < -0.39 is 6.10 Å². The summed E-state index contributed by atoms with van der Waals surface area (Å²) in [5.41, 5.74) is 4.08. The molecule has 2 aromatic rings. The van der Waals surface area contributed by atoms with Gasteiger partial charge in [0.1, 0.15) is 18.5 Å². The molecule has 1 aliphatic rings. The lowest BCUT2D eigenvalue weighted by Crippen LogP contribution is -2.49. The number of β-amino-alcohol motifs (C(OH)–C–C–N with tert-alkyl or cyclic N) is 1. The van der Waals surface area contributed by atoms with Crippen LogP contribution in [0.15, 0.2) is 42.5 Å². The molecule has 0 saturated carbocycles. The number of aryl methyl sites for hydroxylation is 2. The molecule has 3 rings (SSSR count). The minimum absolute atomic E-state index is 0.0912. The molecule has 0 aromatic heterocycles. The third-order valence-corrected chi connectivity index (χ3v) is 5.31. The summed E-state index contributed by atoms with van der Waals surface area (Å²) >= 11 is 0. The quantitative estimate of drug-likeness (QED) is 0.746. The van der Waals surface area contributed by atoms with Crippen molar-refractivity contribution in [3.05, 3.63) is 59.2 Å². The number of carbonyl (C=O) groups excluding carboxylic acids is 1. The first kappa shape index (κ1) is 20.4. The van der Waals surface area contributed by atoms with E-state index in [-0.39, 0.29) is 5.78 Å². The standard InChI is InChI=1S/C23H30N2O3/c1-17-5-4-6-18(2)23(17)28-16-22(27)15-24-11-13-25(14-12-24)21-9-7-20(8-10-21)19(3)26/h4-10,22,27H,11-16H2,1-3H3. The van der Waals surface area contributed by atoms with Crippen LogP contribution >= 0.6 is 0 Å². The zero-order valence-electron chi connectivity index (χ0n) is 17.0. The second-order valence-corrected chi connectivity index (χ2v) is 7.58. The number of benzene rings is 2. The Morgan fingerprint density at radius 2 is 1.64 bits per heavy atom. The van der Waals surface area contributed by atoms with Gasteiger partial charge in [-0.05, 0) is 56.2 Å². The van der Waals surface area contributed by atoms with Crippen LogP contribution < -0.4 is 9.64 Å².